The van der Waals surface area contributed by atoms with E-state index in [1.807, 2.05) is 6.07 Å². The zero-order chi connectivity index (χ0) is 12.3. The average molecular weight is 248 g/mol. The summed E-state index contributed by atoms with van der Waals surface area (Å²) in [6.45, 7) is 0. The number of carbonyl (C=O) groups is 1. The minimum absolute atomic E-state index is 0.195. The lowest BCUT2D eigenvalue weighted by Crippen LogP contribution is -2.27. The molecule has 2 aromatic heterocycles. The lowest BCUT2D eigenvalue weighted by molar-refractivity contribution is 0.0992. The van der Waals surface area contributed by atoms with Gasteiger partial charge in [0.2, 0.25) is 0 Å². The monoisotopic (exact) mass is 247 g/mol. The molecule has 5 heteroatoms. The first-order valence-corrected chi connectivity index (χ1v) is 5.37. The van der Waals surface area contributed by atoms with E-state index < -0.39 is 0 Å². The normalized spacial score (nSPS) is 10.0. The molecule has 0 saturated heterocycles. The molecule has 86 valence electrons. The fourth-order valence-corrected chi connectivity index (χ4v) is 1.58. The third-order valence-corrected chi connectivity index (χ3v) is 2.59. The van der Waals surface area contributed by atoms with E-state index in [-0.39, 0.29) is 11.1 Å². The highest BCUT2D eigenvalue weighted by atomic mass is 35.5. The van der Waals surface area contributed by atoms with E-state index in [4.69, 9.17) is 11.6 Å². The summed E-state index contributed by atoms with van der Waals surface area (Å²) in [5.41, 5.74) is 0.363. The summed E-state index contributed by atoms with van der Waals surface area (Å²) in [4.78, 5) is 21.5. The van der Waals surface area contributed by atoms with Gasteiger partial charge in [-0.1, -0.05) is 17.7 Å². The molecular weight excluding hydrogens is 238 g/mol. The predicted octanol–water partition coefficient (Wildman–Crippen LogP) is 2.41. The lowest BCUT2D eigenvalue weighted by atomic mass is 10.2. The van der Waals surface area contributed by atoms with Crippen molar-refractivity contribution in [2.45, 2.75) is 0 Å². The van der Waals surface area contributed by atoms with Crippen molar-refractivity contribution in [3.05, 3.63) is 53.4 Å². The van der Waals surface area contributed by atoms with E-state index in [2.05, 4.69) is 9.97 Å². The maximum atomic E-state index is 12.1. The summed E-state index contributed by atoms with van der Waals surface area (Å²) in [7, 11) is 1.65. The molecule has 0 saturated carbocycles. The first-order valence-electron chi connectivity index (χ1n) is 5.00. The van der Waals surface area contributed by atoms with Crippen molar-refractivity contribution < 1.29 is 4.79 Å². The first-order chi connectivity index (χ1) is 8.20. The van der Waals surface area contributed by atoms with E-state index >= 15 is 0 Å². The Hall–Kier alpha value is -1.94. The number of pyridine rings is 2. The predicted molar refractivity (Wildman–Crippen MR) is 66.2 cm³/mol. The second-order valence-electron chi connectivity index (χ2n) is 3.39. The molecule has 0 unspecified atom stereocenters. The number of hydrogen-bond acceptors (Lipinski definition) is 3. The number of hydrogen-bond donors (Lipinski definition) is 0. The van der Waals surface area contributed by atoms with Crippen molar-refractivity contribution in [2.75, 3.05) is 11.9 Å². The maximum Gasteiger partial charge on any atom is 0.262 e. The fourth-order valence-electron chi connectivity index (χ4n) is 1.38. The van der Waals surface area contributed by atoms with Crippen LogP contribution in [0.1, 0.15) is 10.4 Å². The Labute approximate surface area is 104 Å². The molecule has 0 aliphatic heterocycles. The Morgan fingerprint density at radius 2 is 1.94 bits per heavy atom. The number of carbonyl (C=O) groups excluding carboxylic acids is 1. The van der Waals surface area contributed by atoms with Crippen LogP contribution in [-0.4, -0.2) is 22.9 Å². The van der Waals surface area contributed by atoms with E-state index in [1.54, 1.807) is 43.7 Å². The van der Waals surface area contributed by atoms with Gasteiger partial charge in [0, 0.05) is 19.4 Å². The van der Waals surface area contributed by atoms with Crippen molar-refractivity contribution in [2.24, 2.45) is 0 Å². The van der Waals surface area contributed by atoms with Gasteiger partial charge in [-0.3, -0.25) is 9.69 Å². The smallest absolute Gasteiger partial charge is 0.262 e. The third kappa shape index (κ3) is 2.42. The van der Waals surface area contributed by atoms with Gasteiger partial charge in [-0.2, -0.15) is 0 Å². The molecule has 2 heterocycles. The van der Waals surface area contributed by atoms with Crippen LogP contribution in [-0.2, 0) is 0 Å². The number of nitrogens with zero attached hydrogens (tertiary/aromatic N) is 3. The van der Waals surface area contributed by atoms with Gasteiger partial charge in [-0.05, 0) is 24.3 Å². The highest BCUT2D eigenvalue weighted by Crippen LogP contribution is 2.16. The van der Waals surface area contributed by atoms with Crippen LogP contribution in [0.25, 0.3) is 0 Å². The van der Waals surface area contributed by atoms with Gasteiger partial charge >= 0.3 is 0 Å². The Morgan fingerprint density at radius 1 is 1.18 bits per heavy atom. The molecule has 0 bridgehead atoms. The standard InChI is InChI=1S/C12H10ClN3O/c1-16(10-6-2-3-7-14-10)12(17)9-5-4-8-15-11(9)13/h2-8H,1H3. The number of anilines is 1. The molecule has 0 N–H and O–H groups in total. The van der Waals surface area contributed by atoms with E-state index in [1.165, 1.54) is 4.90 Å². The fraction of sp³-hybridized carbons (Fsp3) is 0.0833. The molecular formula is C12H10ClN3O. The van der Waals surface area contributed by atoms with E-state index in [9.17, 15) is 4.79 Å². The number of halogens is 1. The van der Waals surface area contributed by atoms with Crippen LogP contribution >= 0.6 is 11.6 Å². The molecule has 2 aromatic rings. The summed E-state index contributed by atoms with van der Waals surface area (Å²) in [6.07, 6.45) is 3.17. The molecule has 0 aromatic carbocycles. The largest absolute Gasteiger partial charge is 0.296 e. The number of rotatable bonds is 2. The molecule has 1 amide bonds. The molecule has 17 heavy (non-hydrogen) atoms. The van der Waals surface area contributed by atoms with Gasteiger partial charge in [0.15, 0.2) is 0 Å². The van der Waals surface area contributed by atoms with Crippen molar-refractivity contribution in [1.29, 1.82) is 0 Å². The van der Waals surface area contributed by atoms with Crippen molar-refractivity contribution in [3.8, 4) is 0 Å². The van der Waals surface area contributed by atoms with Gasteiger partial charge in [-0.25, -0.2) is 9.97 Å². The van der Waals surface area contributed by atoms with Gasteiger partial charge in [-0.15, -0.1) is 0 Å². The molecule has 0 radical (unpaired) electrons. The Balaban J connectivity index is 2.30. The zero-order valence-electron chi connectivity index (χ0n) is 9.17. The van der Waals surface area contributed by atoms with E-state index in [0.29, 0.717) is 11.4 Å². The number of amides is 1. The Kier molecular flexibility index (Phi) is 3.35. The SMILES string of the molecule is CN(C(=O)c1cccnc1Cl)c1ccccn1. The summed E-state index contributed by atoms with van der Waals surface area (Å²) in [6, 6.07) is 8.67. The van der Waals surface area contributed by atoms with Gasteiger partial charge < -0.3 is 0 Å². The third-order valence-electron chi connectivity index (χ3n) is 2.29. The molecule has 0 fully saturated rings. The molecule has 4 nitrogen and oxygen atoms in total. The number of aromatic nitrogens is 2. The van der Waals surface area contributed by atoms with Crippen molar-refractivity contribution in [1.82, 2.24) is 9.97 Å². The van der Waals surface area contributed by atoms with Crippen molar-refractivity contribution in [3.63, 3.8) is 0 Å². The van der Waals surface area contributed by atoms with Crippen LogP contribution in [0, 0.1) is 0 Å². The topological polar surface area (TPSA) is 46.1 Å². The van der Waals surface area contributed by atoms with Gasteiger partial charge in [0.1, 0.15) is 11.0 Å². The molecule has 0 spiro atoms. The second-order valence-corrected chi connectivity index (χ2v) is 3.75. The van der Waals surface area contributed by atoms with Crippen molar-refractivity contribution >= 4 is 23.3 Å². The van der Waals surface area contributed by atoms with Crippen LogP contribution in [0.4, 0.5) is 5.82 Å². The zero-order valence-corrected chi connectivity index (χ0v) is 9.93. The van der Waals surface area contributed by atoms with Gasteiger partial charge in [0.05, 0.1) is 5.56 Å². The molecule has 0 aliphatic rings. The highest BCUT2D eigenvalue weighted by molar-refractivity contribution is 6.33. The summed E-state index contributed by atoms with van der Waals surface area (Å²) >= 11 is 5.87. The summed E-state index contributed by atoms with van der Waals surface area (Å²) in [5.74, 6) is 0.333. The van der Waals surface area contributed by atoms with E-state index in [0.717, 1.165) is 0 Å². The Morgan fingerprint density at radius 3 is 2.59 bits per heavy atom. The minimum atomic E-state index is -0.234. The minimum Gasteiger partial charge on any atom is -0.296 e. The molecule has 0 aliphatic carbocycles. The van der Waals surface area contributed by atoms with Crippen LogP contribution in [0.2, 0.25) is 5.15 Å². The summed E-state index contributed by atoms with van der Waals surface area (Å²) < 4.78 is 0. The first kappa shape index (κ1) is 11.5. The summed E-state index contributed by atoms with van der Waals surface area (Å²) in [5, 5.41) is 0.195. The molecule has 0 atom stereocenters. The van der Waals surface area contributed by atoms with Crippen LogP contribution in [0.15, 0.2) is 42.7 Å². The lowest BCUT2D eigenvalue weighted by Gasteiger charge is -2.16. The molecule has 2 rings (SSSR count). The van der Waals surface area contributed by atoms with Crippen LogP contribution in [0.5, 0.6) is 0 Å². The highest BCUT2D eigenvalue weighted by Gasteiger charge is 2.17. The van der Waals surface area contributed by atoms with Crippen LogP contribution in [0.3, 0.4) is 0 Å². The Bertz CT molecular complexity index is 530. The second kappa shape index (κ2) is 4.93. The maximum absolute atomic E-state index is 12.1. The average Bonchev–Trinajstić information content (AvgIpc) is 2.39. The van der Waals surface area contributed by atoms with Gasteiger partial charge in [0.25, 0.3) is 5.91 Å². The quantitative estimate of drug-likeness (QED) is 0.766. The van der Waals surface area contributed by atoms with Crippen LogP contribution < -0.4 is 4.90 Å².